The zero-order chi connectivity index (χ0) is 23.7. The number of nitrogens with zero attached hydrogens (tertiary/aromatic N) is 2. The van der Waals surface area contributed by atoms with Crippen LogP contribution in [-0.2, 0) is 32.2 Å². The van der Waals surface area contributed by atoms with Gasteiger partial charge < -0.3 is 4.74 Å². The first kappa shape index (κ1) is 23.8. The van der Waals surface area contributed by atoms with Crippen LogP contribution in [0.2, 0.25) is 0 Å². The lowest BCUT2D eigenvalue weighted by Gasteiger charge is -2.13. The minimum absolute atomic E-state index is 0.00789. The Hall–Kier alpha value is -2.88. The molecule has 32 heavy (non-hydrogen) atoms. The van der Waals surface area contributed by atoms with Gasteiger partial charge in [0.15, 0.2) is 0 Å². The molecule has 0 spiro atoms. The highest BCUT2D eigenvalue weighted by molar-refractivity contribution is 7.90. The maximum absolute atomic E-state index is 13.5. The van der Waals surface area contributed by atoms with Crippen molar-refractivity contribution in [3.63, 3.8) is 0 Å². The molecule has 0 bridgehead atoms. The number of halogens is 3. The Morgan fingerprint density at radius 1 is 1.12 bits per heavy atom. The Morgan fingerprint density at radius 3 is 2.34 bits per heavy atom. The third-order valence-corrected chi connectivity index (χ3v) is 6.88. The van der Waals surface area contributed by atoms with Crippen LogP contribution in [0, 0.1) is 0 Å². The average molecular weight is 468 g/mol. The van der Waals surface area contributed by atoms with Crippen LogP contribution in [0.1, 0.15) is 49.6 Å². The number of carbonyl (C=O) groups excluding carboxylic acids is 1. The Balaban J connectivity index is 2.12. The van der Waals surface area contributed by atoms with Gasteiger partial charge in [-0.05, 0) is 54.7 Å². The average Bonchev–Trinajstić information content (AvgIpc) is 3.11. The number of esters is 1. The molecule has 172 valence electrons. The number of fused-ring (bicyclic) bond motifs is 1. The standard InChI is InChI=1S/C22H23F3N2O4S/c1-14(2)15-7-9-17(10-8-15)32(29,30)27-16(5-4-6-21(28)31-3)13-18-19(27)11-12-20(26-18)22(23,24)25/h7-14H,4-6H2,1-3H3. The van der Waals surface area contributed by atoms with Crippen molar-refractivity contribution in [3.8, 4) is 0 Å². The lowest BCUT2D eigenvalue weighted by Crippen LogP contribution is -2.16. The number of carbonyl (C=O) groups is 1. The van der Waals surface area contributed by atoms with E-state index in [-0.39, 0.29) is 46.8 Å². The fourth-order valence-electron chi connectivity index (χ4n) is 3.38. The van der Waals surface area contributed by atoms with Crippen molar-refractivity contribution in [2.75, 3.05) is 7.11 Å². The molecule has 3 rings (SSSR count). The molecule has 0 radical (unpaired) electrons. The van der Waals surface area contributed by atoms with Crippen molar-refractivity contribution in [2.24, 2.45) is 0 Å². The highest BCUT2D eigenvalue weighted by atomic mass is 32.2. The first-order chi connectivity index (χ1) is 14.9. The number of alkyl halides is 3. The van der Waals surface area contributed by atoms with Crippen LogP contribution in [0.15, 0.2) is 47.4 Å². The highest BCUT2D eigenvalue weighted by Crippen LogP contribution is 2.32. The predicted octanol–water partition coefficient (Wildman–Crippen LogP) is 4.91. The molecular formula is C22H23F3N2O4S. The minimum Gasteiger partial charge on any atom is -0.469 e. The number of rotatable bonds is 7. The van der Waals surface area contributed by atoms with Gasteiger partial charge in [0.25, 0.3) is 10.0 Å². The summed E-state index contributed by atoms with van der Waals surface area (Å²) in [4.78, 5) is 15.1. The Morgan fingerprint density at radius 2 is 1.78 bits per heavy atom. The molecule has 0 atom stereocenters. The van der Waals surface area contributed by atoms with Gasteiger partial charge in [-0.25, -0.2) is 17.4 Å². The SMILES string of the molecule is COC(=O)CCCc1cc2nc(C(F)(F)F)ccc2n1S(=O)(=O)c1ccc(C(C)C)cc1. The quantitative estimate of drug-likeness (QED) is 0.461. The summed E-state index contributed by atoms with van der Waals surface area (Å²) in [5.41, 5.74) is 0.0379. The number of benzene rings is 1. The summed E-state index contributed by atoms with van der Waals surface area (Å²) in [6.45, 7) is 3.96. The lowest BCUT2D eigenvalue weighted by atomic mass is 10.0. The monoisotopic (exact) mass is 468 g/mol. The predicted molar refractivity (Wildman–Crippen MR) is 113 cm³/mol. The van der Waals surface area contributed by atoms with E-state index in [1.165, 1.54) is 25.3 Å². The summed E-state index contributed by atoms with van der Waals surface area (Å²) < 4.78 is 71.9. The van der Waals surface area contributed by atoms with Crippen molar-refractivity contribution in [1.82, 2.24) is 8.96 Å². The second-order valence-corrected chi connectivity index (χ2v) is 9.44. The molecule has 3 aromatic rings. The molecule has 0 N–H and O–H groups in total. The molecule has 2 heterocycles. The zero-order valence-electron chi connectivity index (χ0n) is 17.8. The van der Waals surface area contributed by atoms with Gasteiger partial charge in [0.05, 0.1) is 23.0 Å². The molecule has 0 fully saturated rings. The maximum atomic E-state index is 13.5. The number of hydrogen-bond donors (Lipinski definition) is 0. The minimum atomic E-state index is -4.66. The Kier molecular flexibility index (Phi) is 6.64. The largest absolute Gasteiger partial charge is 0.469 e. The van der Waals surface area contributed by atoms with Crippen LogP contribution in [0.25, 0.3) is 11.0 Å². The molecule has 6 nitrogen and oxygen atoms in total. The molecule has 10 heteroatoms. The fourth-order valence-corrected chi connectivity index (χ4v) is 4.94. The Labute approximate surface area is 184 Å². The van der Waals surface area contributed by atoms with E-state index in [0.29, 0.717) is 0 Å². The van der Waals surface area contributed by atoms with Gasteiger partial charge in [0, 0.05) is 12.1 Å². The van der Waals surface area contributed by atoms with Gasteiger partial charge >= 0.3 is 12.1 Å². The number of pyridine rings is 1. The van der Waals surface area contributed by atoms with E-state index in [4.69, 9.17) is 0 Å². The second-order valence-electron chi connectivity index (χ2n) is 7.66. The highest BCUT2D eigenvalue weighted by Gasteiger charge is 2.33. The van der Waals surface area contributed by atoms with Crippen LogP contribution in [0.5, 0.6) is 0 Å². The molecule has 2 aromatic heterocycles. The fraction of sp³-hybridized carbons (Fsp3) is 0.364. The van der Waals surface area contributed by atoms with Crippen LogP contribution in [0.3, 0.4) is 0 Å². The summed E-state index contributed by atoms with van der Waals surface area (Å²) in [5, 5.41) is 0. The van der Waals surface area contributed by atoms with E-state index in [2.05, 4.69) is 9.72 Å². The first-order valence-electron chi connectivity index (χ1n) is 9.96. The second kappa shape index (κ2) is 8.93. The molecular weight excluding hydrogens is 445 g/mol. The third kappa shape index (κ3) is 4.79. The van der Waals surface area contributed by atoms with E-state index in [9.17, 15) is 26.4 Å². The van der Waals surface area contributed by atoms with Crippen molar-refractivity contribution in [1.29, 1.82) is 0 Å². The number of hydrogen-bond acceptors (Lipinski definition) is 5. The summed E-state index contributed by atoms with van der Waals surface area (Å²) in [5.74, 6) is -0.254. The van der Waals surface area contributed by atoms with Crippen LogP contribution in [0.4, 0.5) is 13.2 Å². The van der Waals surface area contributed by atoms with Crippen LogP contribution >= 0.6 is 0 Å². The summed E-state index contributed by atoms with van der Waals surface area (Å²) in [7, 11) is -2.88. The van der Waals surface area contributed by atoms with E-state index in [1.807, 2.05) is 13.8 Å². The summed E-state index contributed by atoms with van der Waals surface area (Å²) in [6.07, 6.45) is -4.22. The number of aromatic nitrogens is 2. The van der Waals surface area contributed by atoms with Gasteiger partial charge in [-0.15, -0.1) is 0 Å². The topological polar surface area (TPSA) is 78.3 Å². The van der Waals surface area contributed by atoms with Crippen LogP contribution in [-0.4, -0.2) is 30.5 Å². The van der Waals surface area contributed by atoms with Crippen molar-refractivity contribution in [3.05, 3.63) is 59.4 Å². The Bertz CT molecular complexity index is 1230. The third-order valence-electron chi connectivity index (χ3n) is 5.10. The molecule has 0 amide bonds. The molecule has 1 aromatic carbocycles. The van der Waals surface area contributed by atoms with Crippen LogP contribution < -0.4 is 0 Å². The van der Waals surface area contributed by atoms with E-state index in [0.717, 1.165) is 21.7 Å². The van der Waals surface area contributed by atoms with Crippen molar-refractivity contribution < 1.29 is 31.1 Å². The van der Waals surface area contributed by atoms with Crippen molar-refractivity contribution >= 4 is 27.0 Å². The number of aryl methyl sites for hydroxylation is 1. The van der Waals surface area contributed by atoms with Gasteiger partial charge in [-0.2, -0.15) is 13.2 Å². The summed E-state index contributed by atoms with van der Waals surface area (Å²) in [6, 6.07) is 9.56. The van der Waals surface area contributed by atoms with Gasteiger partial charge in [0.1, 0.15) is 5.69 Å². The molecule has 0 aliphatic carbocycles. The molecule has 0 unspecified atom stereocenters. The zero-order valence-corrected chi connectivity index (χ0v) is 18.6. The normalized spacial score (nSPS) is 12.5. The van der Waals surface area contributed by atoms with Gasteiger partial charge in [0.2, 0.25) is 0 Å². The first-order valence-corrected chi connectivity index (χ1v) is 11.4. The van der Waals surface area contributed by atoms with Gasteiger partial charge in [-0.1, -0.05) is 26.0 Å². The van der Waals surface area contributed by atoms with Crippen molar-refractivity contribution in [2.45, 2.75) is 50.1 Å². The van der Waals surface area contributed by atoms with E-state index >= 15 is 0 Å². The number of ether oxygens (including phenoxy) is 1. The lowest BCUT2D eigenvalue weighted by molar-refractivity contribution is -0.141. The summed E-state index contributed by atoms with van der Waals surface area (Å²) >= 11 is 0. The van der Waals surface area contributed by atoms with E-state index in [1.54, 1.807) is 12.1 Å². The number of methoxy groups -OCH3 is 1. The molecule has 0 saturated heterocycles. The molecule has 0 saturated carbocycles. The molecule has 0 aliphatic heterocycles. The smallest absolute Gasteiger partial charge is 0.433 e. The van der Waals surface area contributed by atoms with E-state index < -0.39 is 27.9 Å². The maximum Gasteiger partial charge on any atom is 0.433 e. The molecule has 0 aliphatic rings. The van der Waals surface area contributed by atoms with Gasteiger partial charge in [-0.3, -0.25) is 4.79 Å².